The summed E-state index contributed by atoms with van der Waals surface area (Å²) < 4.78 is 23.8. The minimum absolute atomic E-state index is 0.00340. The zero-order valence-corrected chi connectivity index (χ0v) is 26.0. The molecule has 4 saturated heterocycles. The fourth-order valence-corrected chi connectivity index (χ4v) is 8.06. The zero-order chi connectivity index (χ0) is 30.4. The topological polar surface area (TPSA) is 130 Å². The molecule has 234 valence electrons. The Morgan fingerprint density at radius 3 is 2.69 bits per heavy atom. The lowest BCUT2D eigenvalue weighted by molar-refractivity contribution is -0.152. The van der Waals surface area contributed by atoms with Crippen molar-refractivity contribution >= 4 is 23.8 Å². The number of nitrogens with zero attached hydrogens (tertiary/aromatic N) is 1. The van der Waals surface area contributed by atoms with E-state index in [4.69, 9.17) is 25.4 Å². The van der Waals surface area contributed by atoms with Crippen LogP contribution in [0.3, 0.4) is 0 Å². The number of ether oxygens (including phenoxy) is 4. The van der Waals surface area contributed by atoms with E-state index in [-0.39, 0.29) is 17.1 Å². The van der Waals surface area contributed by atoms with Gasteiger partial charge >= 0.3 is 6.09 Å². The predicted octanol–water partition coefficient (Wildman–Crippen LogP) is 2.81. The van der Waals surface area contributed by atoms with E-state index in [1.165, 1.54) is 16.7 Å². The second-order valence-electron chi connectivity index (χ2n) is 13.8. The summed E-state index contributed by atoms with van der Waals surface area (Å²) in [6.07, 6.45) is 9.45. The highest BCUT2D eigenvalue weighted by Gasteiger charge is 2.71. The molecule has 0 spiro atoms. The minimum Gasteiger partial charge on any atom is -0.444 e. The molecule has 0 aliphatic carbocycles. The largest absolute Gasteiger partial charge is 0.444 e. The number of epoxide rings is 1. The third kappa shape index (κ3) is 6.64. The number of likely N-dealkylation sites (tertiary alicyclic amines) is 1. The molecule has 5 aliphatic rings. The van der Waals surface area contributed by atoms with Gasteiger partial charge in [0, 0.05) is 19.1 Å². The van der Waals surface area contributed by atoms with Crippen LogP contribution in [-0.2, 0) is 23.7 Å². The maximum absolute atomic E-state index is 14.2. The van der Waals surface area contributed by atoms with E-state index in [0.717, 1.165) is 19.3 Å². The molecule has 0 aromatic heterocycles. The highest BCUT2D eigenvalue weighted by atomic mass is 32.2. The SMILES string of the molecule is C#C[C@@H]1C/C=C\C[C@@H](NC(=O)[C@@H]2[C@@H]3OCC[C@@H](CC(C)C)C[C@H]3CN2C(=O)OC(C)(C)C)[C@H]2OC(S1)[C@@]1(O)OC1C2O. The first-order chi connectivity index (χ1) is 19.8. The molecule has 42 heavy (non-hydrogen) atoms. The van der Waals surface area contributed by atoms with Gasteiger partial charge in [0.2, 0.25) is 11.7 Å². The third-order valence-corrected chi connectivity index (χ3v) is 10.1. The number of carbonyl (C=O) groups excluding carboxylic acids is 2. The molecular formula is C31H46N2O8S. The molecular weight excluding hydrogens is 560 g/mol. The first-order valence-corrected chi connectivity index (χ1v) is 16.2. The van der Waals surface area contributed by atoms with Gasteiger partial charge in [0.25, 0.3) is 0 Å². The molecule has 5 aliphatic heterocycles. The first-order valence-electron chi connectivity index (χ1n) is 15.2. The van der Waals surface area contributed by atoms with Gasteiger partial charge < -0.3 is 34.5 Å². The lowest BCUT2D eigenvalue weighted by Gasteiger charge is -2.39. The summed E-state index contributed by atoms with van der Waals surface area (Å²) in [6, 6.07) is -1.55. The van der Waals surface area contributed by atoms with Gasteiger partial charge in [-0.25, -0.2) is 4.79 Å². The summed E-state index contributed by atoms with van der Waals surface area (Å²) in [5.41, 5.74) is -1.55. The smallest absolute Gasteiger partial charge is 0.411 e. The molecule has 2 amide bonds. The van der Waals surface area contributed by atoms with E-state index in [0.29, 0.717) is 37.8 Å². The van der Waals surface area contributed by atoms with Crippen molar-refractivity contribution in [3.05, 3.63) is 12.2 Å². The number of aliphatic hydroxyl groups excluding tert-OH is 1. The normalized spacial score (nSPS) is 42.4. The molecule has 0 aromatic carbocycles. The van der Waals surface area contributed by atoms with Crippen molar-refractivity contribution in [1.29, 1.82) is 0 Å². The molecule has 11 atom stereocenters. The molecule has 0 radical (unpaired) electrons. The fourth-order valence-electron chi connectivity index (χ4n) is 6.88. The van der Waals surface area contributed by atoms with Crippen LogP contribution in [0, 0.1) is 30.1 Å². The molecule has 4 fully saturated rings. The summed E-state index contributed by atoms with van der Waals surface area (Å²) in [7, 11) is 0. The number of nitrogens with one attached hydrogen (secondary N) is 1. The molecule has 5 rings (SSSR count). The Morgan fingerprint density at radius 1 is 1.26 bits per heavy atom. The van der Waals surface area contributed by atoms with E-state index in [1.807, 2.05) is 12.2 Å². The van der Waals surface area contributed by atoms with Crippen LogP contribution in [0.2, 0.25) is 0 Å². The second kappa shape index (κ2) is 12.3. The Labute approximate surface area is 253 Å². The lowest BCUT2D eigenvalue weighted by Crippen LogP contribution is -2.61. The van der Waals surface area contributed by atoms with E-state index >= 15 is 0 Å². The van der Waals surface area contributed by atoms with Gasteiger partial charge in [-0.15, -0.1) is 18.2 Å². The Balaban J connectivity index is 1.39. The van der Waals surface area contributed by atoms with Crippen molar-refractivity contribution in [2.24, 2.45) is 17.8 Å². The standard InChI is InChI=1S/C31H46N2O8S/c1-7-20-10-8-9-11-21(25-23(34)26-31(37,40-26)28(39-25)42-20)32-27(35)22-24-19(15-18(12-13-38-24)14-17(2)3)16-33(22)29(36)41-30(4,5)6/h1,8-9,17-26,28,34,37H,10-16H2,2-6H3,(H,32,35)/b9-8-/t18-,19-,20+,21+,22-,23?,24+,25+,26?,28?,31-/m0/s1. The summed E-state index contributed by atoms with van der Waals surface area (Å²) in [4.78, 5) is 29.1. The molecule has 11 heteroatoms. The summed E-state index contributed by atoms with van der Waals surface area (Å²) >= 11 is 1.27. The van der Waals surface area contributed by atoms with Gasteiger partial charge in [-0.05, 0) is 64.7 Å². The average Bonchev–Trinajstić information content (AvgIpc) is 3.54. The highest BCUT2D eigenvalue weighted by molar-refractivity contribution is 8.00. The molecule has 0 saturated carbocycles. The summed E-state index contributed by atoms with van der Waals surface area (Å²) in [5.74, 6) is 1.70. The van der Waals surface area contributed by atoms with E-state index in [9.17, 15) is 19.8 Å². The van der Waals surface area contributed by atoms with E-state index < -0.39 is 59.4 Å². The number of terminal acetylenes is 1. The fraction of sp³-hybridized carbons (Fsp3) is 0.806. The van der Waals surface area contributed by atoms with Gasteiger partial charge in [0.1, 0.15) is 30.0 Å². The van der Waals surface area contributed by atoms with Crippen LogP contribution in [0.1, 0.15) is 66.7 Å². The monoisotopic (exact) mass is 606 g/mol. The number of aliphatic hydroxyl groups is 2. The van der Waals surface area contributed by atoms with E-state index in [2.05, 4.69) is 25.1 Å². The molecule has 3 N–H and O–H groups in total. The lowest BCUT2D eigenvalue weighted by atomic mass is 9.85. The maximum Gasteiger partial charge on any atom is 0.411 e. The van der Waals surface area contributed by atoms with Gasteiger partial charge in [0.05, 0.1) is 17.4 Å². The average molecular weight is 607 g/mol. The third-order valence-electron chi connectivity index (χ3n) is 8.75. The highest BCUT2D eigenvalue weighted by Crippen LogP contribution is 2.51. The van der Waals surface area contributed by atoms with Crippen LogP contribution in [0.15, 0.2) is 12.2 Å². The molecule has 2 bridgehead atoms. The predicted molar refractivity (Wildman–Crippen MR) is 157 cm³/mol. The quantitative estimate of drug-likeness (QED) is 0.251. The van der Waals surface area contributed by atoms with Crippen LogP contribution in [-0.4, -0.2) is 98.8 Å². The maximum atomic E-state index is 14.2. The van der Waals surface area contributed by atoms with Crippen LogP contribution in [0.25, 0.3) is 0 Å². The van der Waals surface area contributed by atoms with Gasteiger partial charge in [0.15, 0.2) is 5.44 Å². The Hall–Kier alpha value is -1.81. The number of rotatable bonds is 4. The Kier molecular flexibility index (Phi) is 9.25. The van der Waals surface area contributed by atoms with Crippen LogP contribution < -0.4 is 5.32 Å². The van der Waals surface area contributed by atoms with Crippen molar-refractivity contribution in [2.45, 2.75) is 125 Å². The van der Waals surface area contributed by atoms with Crippen molar-refractivity contribution in [3.63, 3.8) is 0 Å². The molecule has 5 heterocycles. The number of amides is 2. The van der Waals surface area contributed by atoms with Crippen LogP contribution in [0.5, 0.6) is 0 Å². The molecule has 3 unspecified atom stereocenters. The van der Waals surface area contributed by atoms with Gasteiger partial charge in [-0.1, -0.05) is 31.9 Å². The second-order valence-corrected chi connectivity index (χ2v) is 15.0. The van der Waals surface area contributed by atoms with Gasteiger partial charge in [-0.3, -0.25) is 9.69 Å². The first kappa shape index (κ1) is 31.6. The van der Waals surface area contributed by atoms with Crippen molar-refractivity contribution in [1.82, 2.24) is 10.2 Å². The number of hydrogen-bond acceptors (Lipinski definition) is 9. The summed E-state index contributed by atoms with van der Waals surface area (Å²) in [5, 5.41) is 24.9. The van der Waals surface area contributed by atoms with Crippen molar-refractivity contribution < 1.29 is 38.7 Å². The number of fused-ring (bicyclic) bond motifs is 5. The molecule has 10 nitrogen and oxygen atoms in total. The number of allylic oxidation sites excluding steroid dienone is 1. The number of thioether (sulfide) groups is 1. The Morgan fingerprint density at radius 2 is 2.00 bits per heavy atom. The zero-order valence-electron chi connectivity index (χ0n) is 25.2. The van der Waals surface area contributed by atoms with Gasteiger partial charge in [-0.2, -0.15) is 0 Å². The van der Waals surface area contributed by atoms with Crippen molar-refractivity contribution in [3.8, 4) is 12.3 Å². The van der Waals surface area contributed by atoms with E-state index in [1.54, 1.807) is 20.8 Å². The molecule has 0 aromatic rings. The van der Waals surface area contributed by atoms with Crippen molar-refractivity contribution in [2.75, 3.05) is 13.2 Å². The minimum atomic E-state index is -1.62. The number of hydrogen-bond donors (Lipinski definition) is 3. The van der Waals surface area contributed by atoms with Crippen LogP contribution >= 0.6 is 11.8 Å². The number of carbonyl (C=O) groups is 2. The summed E-state index contributed by atoms with van der Waals surface area (Å²) in [6.45, 7) is 10.7. The van der Waals surface area contributed by atoms with Crippen LogP contribution in [0.4, 0.5) is 4.79 Å². The Bertz CT molecular complexity index is 1090.